The predicted octanol–water partition coefficient (Wildman–Crippen LogP) is 3.41. The molecule has 0 saturated carbocycles. The van der Waals surface area contributed by atoms with Gasteiger partial charge in [-0.15, -0.1) is 0 Å². The van der Waals surface area contributed by atoms with Gasteiger partial charge in [0.05, 0.1) is 23.4 Å². The number of hydrogen-bond donors (Lipinski definition) is 1. The molecule has 2 rings (SSSR count). The van der Waals surface area contributed by atoms with Crippen LogP contribution in [-0.2, 0) is 13.1 Å². The van der Waals surface area contributed by atoms with Crippen LogP contribution in [0.3, 0.4) is 0 Å². The van der Waals surface area contributed by atoms with E-state index in [1.54, 1.807) is 0 Å². The predicted molar refractivity (Wildman–Crippen MR) is 83.5 cm³/mol. The highest BCUT2D eigenvalue weighted by Gasteiger charge is 2.07. The van der Waals surface area contributed by atoms with Crippen LogP contribution in [0.15, 0.2) is 36.5 Å². The van der Waals surface area contributed by atoms with Crippen LogP contribution in [0.1, 0.15) is 49.6 Å². The molecule has 1 heterocycles. The molecule has 0 atom stereocenters. The van der Waals surface area contributed by atoms with Crippen molar-refractivity contribution in [2.45, 2.75) is 45.8 Å². The number of benzene rings is 1. The third kappa shape index (κ3) is 4.17. The normalized spacial score (nSPS) is 10.8. The van der Waals surface area contributed by atoms with E-state index >= 15 is 0 Å². The lowest BCUT2D eigenvalue weighted by atomic mass is 10.1. The Morgan fingerprint density at radius 3 is 2.76 bits per heavy atom. The van der Waals surface area contributed by atoms with E-state index in [4.69, 9.17) is 5.26 Å². The van der Waals surface area contributed by atoms with Gasteiger partial charge >= 0.3 is 0 Å². The molecule has 1 N–H and O–H groups in total. The second kappa shape index (κ2) is 7.61. The first-order chi connectivity index (χ1) is 10.3. The number of nitrogens with one attached hydrogen (secondary N) is 1. The van der Waals surface area contributed by atoms with Crippen LogP contribution in [0.4, 0.5) is 0 Å². The Kier molecular flexibility index (Phi) is 5.53. The summed E-state index contributed by atoms with van der Waals surface area (Å²) in [7, 11) is 0. The van der Waals surface area contributed by atoms with Gasteiger partial charge in [0.25, 0.3) is 0 Å². The Morgan fingerprint density at radius 1 is 1.24 bits per heavy atom. The van der Waals surface area contributed by atoms with Crippen molar-refractivity contribution >= 4 is 0 Å². The highest BCUT2D eigenvalue weighted by Crippen LogP contribution is 2.14. The zero-order valence-electron chi connectivity index (χ0n) is 12.7. The first-order valence-corrected chi connectivity index (χ1v) is 7.50. The molecule has 4 nitrogen and oxygen atoms in total. The molecule has 1 aromatic carbocycles. The van der Waals surface area contributed by atoms with Gasteiger partial charge in [0.1, 0.15) is 0 Å². The van der Waals surface area contributed by atoms with Crippen molar-refractivity contribution in [3.8, 4) is 6.07 Å². The third-order valence-electron chi connectivity index (χ3n) is 3.67. The lowest BCUT2D eigenvalue weighted by molar-refractivity contribution is 0.424. The Balaban J connectivity index is 1.87. The van der Waals surface area contributed by atoms with Crippen molar-refractivity contribution in [2.75, 3.05) is 0 Å². The average molecular weight is 282 g/mol. The molecular formula is C17H22N4. The fourth-order valence-corrected chi connectivity index (χ4v) is 2.42. The molecule has 0 spiro atoms. The van der Waals surface area contributed by atoms with E-state index in [0.29, 0.717) is 11.6 Å². The van der Waals surface area contributed by atoms with Gasteiger partial charge in [-0.2, -0.15) is 10.4 Å². The van der Waals surface area contributed by atoms with Gasteiger partial charge in [-0.3, -0.25) is 4.68 Å². The number of hydrogen-bond acceptors (Lipinski definition) is 3. The quantitative estimate of drug-likeness (QED) is 0.846. The molecule has 21 heavy (non-hydrogen) atoms. The van der Waals surface area contributed by atoms with Gasteiger partial charge in [-0.05, 0) is 36.6 Å². The van der Waals surface area contributed by atoms with Crippen molar-refractivity contribution in [1.82, 2.24) is 15.1 Å². The molecule has 4 heteroatoms. The van der Waals surface area contributed by atoms with E-state index < -0.39 is 0 Å². The van der Waals surface area contributed by atoms with Crippen LogP contribution >= 0.6 is 0 Å². The first-order valence-electron chi connectivity index (χ1n) is 7.50. The number of aromatic nitrogens is 2. The largest absolute Gasteiger partial charge is 0.307 e. The summed E-state index contributed by atoms with van der Waals surface area (Å²) < 4.78 is 2.06. The van der Waals surface area contributed by atoms with Crippen molar-refractivity contribution in [2.24, 2.45) is 0 Å². The average Bonchev–Trinajstić information content (AvgIpc) is 2.97. The van der Waals surface area contributed by atoms with E-state index in [-0.39, 0.29) is 0 Å². The molecular weight excluding hydrogens is 260 g/mol. The second-order valence-corrected chi connectivity index (χ2v) is 5.17. The van der Waals surface area contributed by atoms with E-state index in [1.165, 1.54) is 0 Å². The number of rotatable bonds is 7. The molecule has 0 aliphatic heterocycles. The summed E-state index contributed by atoms with van der Waals surface area (Å²) in [5.74, 6) is 0. The maximum Gasteiger partial charge on any atom is 0.0991 e. The van der Waals surface area contributed by atoms with E-state index in [0.717, 1.165) is 37.2 Å². The fraction of sp³-hybridized carbons (Fsp3) is 0.412. The Hall–Kier alpha value is -2.12. The molecule has 0 aliphatic carbocycles. The summed E-state index contributed by atoms with van der Waals surface area (Å²) in [6.45, 7) is 5.86. The highest BCUT2D eigenvalue weighted by molar-refractivity contribution is 5.32. The molecule has 0 fully saturated rings. The lowest BCUT2D eigenvalue weighted by Crippen LogP contribution is -2.14. The molecule has 0 radical (unpaired) electrons. The van der Waals surface area contributed by atoms with Crippen molar-refractivity contribution in [3.63, 3.8) is 0 Å². The Morgan fingerprint density at radius 2 is 2.05 bits per heavy atom. The molecule has 1 aromatic heterocycles. The Labute approximate surface area is 126 Å². The SMILES string of the molecule is CCC(CC)n1ccc(CNCc2cccc(C#N)c2)n1. The molecule has 0 saturated heterocycles. The molecule has 0 amide bonds. The van der Waals surface area contributed by atoms with Crippen molar-refractivity contribution in [1.29, 1.82) is 5.26 Å². The van der Waals surface area contributed by atoms with Crippen molar-refractivity contribution < 1.29 is 0 Å². The van der Waals surface area contributed by atoms with Crippen LogP contribution < -0.4 is 5.32 Å². The van der Waals surface area contributed by atoms with E-state index in [1.807, 2.05) is 24.3 Å². The monoisotopic (exact) mass is 282 g/mol. The minimum atomic E-state index is 0.492. The molecule has 0 aliphatic rings. The molecule has 110 valence electrons. The summed E-state index contributed by atoms with van der Waals surface area (Å²) in [5.41, 5.74) is 2.87. The maximum absolute atomic E-state index is 8.88. The van der Waals surface area contributed by atoms with Gasteiger partial charge in [0.2, 0.25) is 0 Å². The van der Waals surface area contributed by atoms with Gasteiger partial charge < -0.3 is 5.32 Å². The van der Waals surface area contributed by atoms with E-state index in [2.05, 4.69) is 47.3 Å². The molecule has 0 bridgehead atoms. The first kappa shape index (κ1) is 15.3. The number of nitriles is 1. The third-order valence-corrected chi connectivity index (χ3v) is 3.67. The van der Waals surface area contributed by atoms with Gasteiger partial charge in [-0.25, -0.2) is 0 Å². The summed E-state index contributed by atoms with van der Waals surface area (Å²) in [4.78, 5) is 0. The second-order valence-electron chi connectivity index (χ2n) is 5.17. The summed E-state index contributed by atoms with van der Waals surface area (Å²) in [5, 5.41) is 16.9. The zero-order chi connectivity index (χ0) is 15.1. The topological polar surface area (TPSA) is 53.6 Å². The van der Waals surface area contributed by atoms with Gasteiger partial charge in [0, 0.05) is 19.3 Å². The molecule has 0 unspecified atom stereocenters. The van der Waals surface area contributed by atoms with Crippen LogP contribution in [0.2, 0.25) is 0 Å². The minimum Gasteiger partial charge on any atom is -0.307 e. The standard InChI is InChI=1S/C17H22N4/c1-3-17(4-2)21-9-8-16(20-21)13-19-12-15-7-5-6-14(10-15)11-18/h5-10,17,19H,3-4,12-13H2,1-2H3. The van der Waals surface area contributed by atoms with Crippen LogP contribution in [0.25, 0.3) is 0 Å². The summed E-state index contributed by atoms with van der Waals surface area (Å²) in [6.07, 6.45) is 4.27. The van der Waals surface area contributed by atoms with Crippen LogP contribution in [0, 0.1) is 11.3 Å². The summed E-state index contributed by atoms with van der Waals surface area (Å²) in [6, 6.07) is 12.4. The van der Waals surface area contributed by atoms with Crippen molar-refractivity contribution in [3.05, 3.63) is 53.3 Å². The number of nitrogens with zero attached hydrogens (tertiary/aromatic N) is 3. The maximum atomic E-state index is 8.88. The molecule has 2 aromatic rings. The van der Waals surface area contributed by atoms with Crippen LogP contribution in [-0.4, -0.2) is 9.78 Å². The minimum absolute atomic E-state index is 0.492. The van der Waals surface area contributed by atoms with Crippen LogP contribution in [0.5, 0.6) is 0 Å². The fourth-order valence-electron chi connectivity index (χ4n) is 2.42. The summed E-state index contributed by atoms with van der Waals surface area (Å²) >= 11 is 0. The van der Waals surface area contributed by atoms with Gasteiger partial charge in [0.15, 0.2) is 0 Å². The zero-order valence-corrected chi connectivity index (χ0v) is 12.7. The van der Waals surface area contributed by atoms with Gasteiger partial charge in [-0.1, -0.05) is 26.0 Å². The highest BCUT2D eigenvalue weighted by atomic mass is 15.3. The van der Waals surface area contributed by atoms with E-state index in [9.17, 15) is 0 Å². The smallest absolute Gasteiger partial charge is 0.0991 e. The Bertz CT molecular complexity index is 605. The lowest BCUT2D eigenvalue weighted by Gasteiger charge is -2.12.